The summed E-state index contributed by atoms with van der Waals surface area (Å²) in [6, 6.07) is 15.5. The lowest BCUT2D eigenvalue weighted by molar-refractivity contribution is -0.113. The Morgan fingerprint density at radius 1 is 1.15 bits per heavy atom. The van der Waals surface area contributed by atoms with Crippen LogP contribution in [0, 0.1) is 0 Å². The Morgan fingerprint density at radius 2 is 1.88 bits per heavy atom. The number of rotatable bonds is 3. The molecule has 1 aliphatic rings. The molecule has 0 spiro atoms. The van der Waals surface area contributed by atoms with Crippen LogP contribution in [0.4, 0.5) is 5.69 Å². The molecule has 1 fully saturated rings. The smallest absolute Gasteiger partial charge is 0.335 e. The van der Waals surface area contributed by atoms with Gasteiger partial charge in [0.2, 0.25) is 0 Å². The number of fused-ring (bicyclic) bond motifs is 1. The van der Waals surface area contributed by atoms with Crippen LogP contribution in [0.2, 0.25) is 0 Å². The highest BCUT2D eigenvalue weighted by Gasteiger charge is 2.33. The first-order chi connectivity index (χ1) is 12.5. The van der Waals surface area contributed by atoms with Gasteiger partial charge in [0.15, 0.2) is 4.32 Å². The van der Waals surface area contributed by atoms with E-state index < -0.39 is 5.97 Å². The van der Waals surface area contributed by atoms with E-state index in [0.29, 0.717) is 20.7 Å². The van der Waals surface area contributed by atoms with Gasteiger partial charge in [0.25, 0.3) is 5.91 Å². The summed E-state index contributed by atoms with van der Waals surface area (Å²) in [5.41, 5.74) is 1.43. The van der Waals surface area contributed by atoms with Crippen molar-refractivity contribution < 1.29 is 19.1 Å². The number of para-hydroxylation sites is 1. The van der Waals surface area contributed by atoms with Gasteiger partial charge in [0.05, 0.1) is 16.2 Å². The summed E-state index contributed by atoms with van der Waals surface area (Å²) in [5, 5.41) is 9.94. The van der Waals surface area contributed by atoms with Crippen molar-refractivity contribution in [3.63, 3.8) is 0 Å². The van der Waals surface area contributed by atoms with E-state index in [1.807, 2.05) is 30.3 Å². The monoisotopic (exact) mass is 381 g/mol. The lowest BCUT2D eigenvalue weighted by Gasteiger charge is -2.14. The van der Waals surface area contributed by atoms with Gasteiger partial charge in [-0.1, -0.05) is 42.2 Å². The Labute approximate surface area is 157 Å². The average molecular weight is 381 g/mol. The van der Waals surface area contributed by atoms with Crippen LogP contribution >= 0.6 is 24.0 Å². The van der Waals surface area contributed by atoms with E-state index in [2.05, 4.69) is 0 Å². The molecule has 0 saturated carbocycles. The molecule has 0 radical (unpaired) electrons. The summed E-state index contributed by atoms with van der Waals surface area (Å²) in [6.07, 6.45) is 1.67. The molecule has 1 N–H and O–H groups in total. The second-order valence-electron chi connectivity index (χ2n) is 5.56. The highest BCUT2D eigenvalue weighted by Crippen LogP contribution is 2.36. The van der Waals surface area contributed by atoms with Gasteiger partial charge in [0.1, 0.15) is 11.3 Å². The molecule has 2 aromatic carbocycles. The number of carbonyl (C=O) groups excluding carboxylic acids is 1. The molecule has 0 bridgehead atoms. The van der Waals surface area contributed by atoms with Crippen molar-refractivity contribution in [3.8, 4) is 0 Å². The zero-order valence-electron chi connectivity index (χ0n) is 13.2. The van der Waals surface area contributed by atoms with Crippen LogP contribution < -0.4 is 4.90 Å². The van der Waals surface area contributed by atoms with Crippen molar-refractivity contribution in [2.24, 2.45) is 0 Å². The molecule has 3 aromatic rings. The number of carboxylic acids is 1. The molecule has 7 heteroatoms. The minimum atomic E-state index is -1.02. The fourth-order valence-corrected chi connectivity index (χ4v) is 3.93. The number of aromatic carboxylic acids is 1. The summed E-state index contributed by atoms with van der Waals surface area (Å²) >= 11 is 6.51. The minimum Gasteiger partial charge on any atom is -0.478 e. The largest absolute Gasteiger partial charge is 0.478 e. The number of carboxylic acid groups (broad SMARTS) is 1. The number of carbonyl (C=O) groups is 2. The molecule has 1 saturated heterocycles. The van der Waals surface area contributed by atoms with Crippen LogP contribution in [0.25, 0.3) is 17.0 Å². The minimum absolute atomic E-state index is 0.150. The molecule has 4 rings (SSSR count). The fraction of sp³-hybridized carbons (Fsp3) is 0. The first-order valence-electron chi connectivity index (χ1n) is 7.63. The average Bonchev–Trinajstić information content (AvgIpc) is 3.15. The van der Waals surface area contributed by atoms with Gasteiger partial charge in [-0.3, -0.25) is 9.69 Å². The van der Waals surface area contributed by atoms with Crippen LogP contribution in [-0.4, -0.2) is 21.3 Å². The molecular formula is C19H11NO4S2. The van der Waals surface area contributed by atoms with Gasteiger partial charge in [0, 0.05) is 11.5 Å². The molecule has 2 heterocycles. The first-order valence-corrected chi connectivity index (χ1v) is 8.85. The van der Waals surface area contributed by atoms with E-state index in [0.717, 1.165) is 11.0 Å². The summed E-state index contributed by atoms with van der Waals surface area (Å²) < 4.78 is 6.12. The molecule has 0 unspecified atom stereocenters. The Morgan fingerprint density at radius 3 is 2.58 bits per heavy atom. The van der Waals surface area contributed by atoms with Gasteiger partial charge in [-0.05, 0) is 36.4 Å². The Balaban J connectivity index is 1.65. The predicted molar refractivity (Wildman–Crippen MR) is 105 cm³/mol. The number of amides is 1. The number of thiocarbonyl (C=S) groups is 1. The number of nitrogens with zero attached hydrogens (tertiary/aromatic N) is 1. The number of thioether (sulfide) groups is 1. The Kier molecular flexibility index (Phi) is 4.10. The standard InChI is InChI=1S/C19H11NO4S2/c21-17-16(10-14-9-12-3-1-2-4-15(12)24-14)26-19(25)20(17)13-7-5-11(6-8-13)18(22)23/h1-10H,(H,22,23). The third kappa shape index (κ3) is 2.91. The number of hydrogen-bond donors (Lipinski definition) is 1. The second-order valence-corrected chi connectivity index (χ2v) is 7.23. The second kappa shape index (κ2) is 6.44. The summed E-state index contributed by atoms with van der Waals surface area (Å²) in [5.74, 6) is -0.705. The van der Waals surface area contributed by atoms with Gasteiger partial charge in [-0.2, -0.15) is 0 Å². The van der Waals surface area contributed by atoms with E-state index >= 15 is 0 Å². The van der Waals surface area contributed by atoms with Crippen molar-refractivity contribution in [3.05, 3.63) is 70.8 Å². The quantitative estimate of drug-likeness (QED) is 0.531. The van der Waals surface area contributed by atoms with Crippen molar-refractivity contribution in [2.45, 2.75) is 0 Å². The molecule has 1 aromatic heterocycles. The van der Waals surface area contributed by atoms with Crippen LogP contribution in [0.5, 0.6) is 0 Å². The van der Waals surface area contributed by atoms with Crippen LogP contribution in [-0.2, 0) is 4.79 Å². The van der Waals surface area contributed by atoms with Gasteiger partial charge in [-0.15, -0.1) is 0 Å². The molecule has 1 aliphatic heterocycles. The number of anilines is 1. The molecule has 5 nitrogen and oxygen atoms in total. The molecule has 0 atom stereocenters. The normalized spacial score (nSPS) is 16.0. The highest BCUT2D eigenvalue weighted by atomic mass is 32.2. The van der Waals surface area contributed by atoms with E-state index in [1.165, 1.54) is 28.8 Å². The molecule has 26 heavy (non-hydrogen) atoms. The van der Waals surface area contributed by atoms with E-state index in [4.69, 9.17) is 21.7 Å². The van der Waals surface area contributed by atoms with Gasteiger partial charge >= 0.3 is 5.97 Å². The maximum Gasteiger partial charge on any atom is 0.335 e. The Bertz CT molecular complexity index is 1050. The van der Waals surface area contributed by atoms with Crippen LogP contribution in [0.1, 0.15) is 16.1 Å². The topological polar surface area (TPSA) is 70.8 Å². The zero-order chi connectivity index (χ0) is 18.3. The number of benzene rings is 2. The maximum absolute atomic E-state index is 12.7. The van der Waals surface area contributed by atoms with E-state index in [-0.39, 0.29) is 11.5 Å². The fourth-order valence-electron chi connectivity index (χ4n) is 2.65. The van der Waals surface area contributed by atoms with Crippen molar-refractivity contribution in [1.29, 1.82) is 0 Å². The van der Waals surface area contributed by atoms with Crippen LogP contribution in [0.3, 0.4) is 0 Å². The van der Waals surface area contributed by atoms with Crippen LogP contribution in [0.15, 0.2) is 63.9 Å². The molecule has 0 aliphatic carbocycles. The lowest BCUT2D eigenvalue weighted by Crippen LogP contribution is -2.27. The predicted octanol–water partition coefficient (Wildman–Crippen LogP) is 4.54. The maximum atomic E-state index is 12.7. The van der Waals surface area contributed by atoms with Crippen molar-refractivity contribution >= 4 is 62.9 Å². The summed E-state index contributed by atoms with van der Waals surface area (Å²) in [4.78, 5) is 25.6. The zero-order valence-corrected chi connectivity index (χ0v) is 14.8. The third-order valence-corrected chi connectivity index (χ3v) is 5.19. The van der Waals surface area contributed by atoms with E-state index in [1.54, 1.807) is 18.2 Å². The number of hydrogen-bond acceptors (Lipinski definition) is 5. The SMILES string of the molecule is O=C(O)c1ccc(N2C(=O)C(=Cc3cc4ccccc4o3)SC2=S)cc1. The van der Waals surface area contributed by atoms with Crippen molar-refractivity contribution in [2.75, 3.05) is 4.90 Å². The van der Waals surface area contributed by atoms with Gasteiger partial charge in [-0.25, -0.2) is 4.79 Å². The Hall–Kier alpha value is -2.90. The highest BCUT2D eigenvalue weighted by molar-refractivity contribution is 8.27. The molecular weight excluding hydrogens is 370 g/mol. The third-order valence-electron chi connectivity index (χ3n) is 3.88. The molecule has 1 amide bonds. The lowest BCUT2D eigenvalue weighted by atomic mass is 10.2. The number of furan rings is 1. The first kappa shape index (κ1) is 16.6. The summed E-state index contributed by atoms with van der Waals surface area (Å²) in [7, 11) is 0. The van der Waals surface area contributed by atoms with E-state index in [9.17, 15) is 9.59 Å². The van der Waals surface area contributed by atoms with Gasteiger partial charge < -0.3 is 9.52 Å². The molecule has 128 valence electrons. The summed E-state index contributed by atoms with van der Waals surface area (Å²) in [6.45, 7) is 0. The van der Waals surface area contributed by atoms with Crippen molar-refractivity contribution in [1.82, 2.24) is 0 Å².